The number of alkyl carbamates (subject to hydrolysis) is 1. The lowest BCUT2D eigenvalue weighted by atomic mass is 10.2. The molecule has 1 atom stereocenters. The number of nitrogens with one attached hydrogen (secondary N) is 1. The summed E-state index contributed by atoms with van der Waals surface area (Å²) in [5.74, 6) is 0.659. The van der Waals surface area contributed by atoms with Gasteiger partial charge in [-0.25, -0.2) is 14.8 Å². The molecule has 0 bridgehead atoms. The summed E-state index contributed by atoms with van der Waals surface area (Å²) in [7, 11) is 0. The van der Waals surface area contributed by atoms with E-state index in [1.807, 2.05) is 56.5 Å². The number of rotatable bonds is 3. The van der Waals surface area contributed by atoms with Gasteiger partial charge < -0.3 is 10.1 Å². The molecular weight excluding hydrogens is 352 g/mol. The number of fused-ring (bicyclic) bond motifs is 1. The molecule has 6 nitrogen and oxygen atoms in total. The quantitative estimate of drug-likeness (QED) is 0.726. The fourth-order valence-corrected chi connectivity index (χ4v) is 2.74. The highest BCUT2D eigenvalue weighted by Gasteiger charge is 2.23. The zero-order chi connectivity index (χ0) is 18.9. The molecule has 2 heterocycles. The Morgan fingerprint density at radius 2 is 1.92 bits per heavy atom. The normalized spacial score (nSPS) is 12.8. The maximum atomic E-state index is 12.1. The maximum absolute atomic E-state index is 12.1. The van der Waals surface area contributed by atoms with Gasteiger partial charge in [0.15, 0.2) is 5.65 Å². The molecule has 136 valence electrons. The second kappa shape index (κ2) is 6.96. The Morgan fingerprint density at radius 1 is 1.23 bits per heavy atom. The standard InChI is InChI=1S/C19H21ClN4O2/c1-12(22-18(25)26-19(2,3)4)16-23-15-6-5-11-21-17(15)24(16)14-9-7-13(20)8-10-14/h5-12H,1-4H3,(H,22,25)/t12-/m0/s1. The number of carbonyl (C=O) groups excluding carboxylic acids is 1. The number of nitrogens with zero attached hydrogens (tertiary/aromatic N) is 3. The van der Waals surface area contributed by atoms with Crippen LogP contribution in [0.25, 0.3) is 16.9 Å². The number of ether oxygens (including phenoxy) is 1. The van der Waals surface area contributed by atoms with Crippen LogP contribution >= 0.6 is 11.6 Å². The molecule has 0 fully saturated rings. The molecule has 1 N–H and O–H groups in total. The second-order valence-corrected chi connectivity index (χ2v) is 7.43. The third-order valence-electron chi connectivity index (χ3n) is 3.65. The molecule has 0 aliphatic heterocycles. The molecule has 0 aliphatic rings. The predicted octanol–water partition coefficient (Wildman–Crippen LogP) is 4.66. The lowest BCUT2D eigenvalue weighted by Crippen LogP contribution is -2.34. The van der Waals surface area contributed by atoms with Crippen molar-refractivity contribution in [3.63, 3.8) is 0 Å². The van der Waals surface area contributed by atoms with Gasteiger partial charge in [0.1, 0.15) is 16.9 Å². The molecule has 7 heteroatoms. The number of hydrogen-bond donors (Lipinski definition) is 1. The fourth-order valence-electron chi connectivity index (χ4n) is 2.61. The SMILES string of the molecule is C[C@H](NC(=O)OC(C)(C)C)c1nc2cccnc2n1-c1ccc(Cl)cc1. The Bertz CT molecular complexity index is 929. The number of aromatic nitrogens is 3. The van der Waals surface area contributed by atoms with Crippen LogP contribution in [0.3, 0.4) is 0 Å². The predicted molar refractivity (Wildman–Crippen MR) is 102 cm³/mol. The third kappa shape index (κ3) is 3.96. The summed E-state index contributed by atoms with van der Waals surface area (Å²) in [6.07, 6.45) is 1.22. The van der Waals surface area contributed by atoms with E-state index in [0.717, 1.165) is 11.2 Å². The van der Waals surface area contributed by atoms with Gasteiger partial charge in [0.2, 0.25) is 0 Å². The fraction of sp³-hybridized carbons (Fsp3) is 0.316. The zero-order valence-electron chi connectivity index (χ0n) is 15.2. The Balaban J connectivity index is 2.01. The molecule has 1 aromatic carbocycles. The highest BCUT2D eigenvalue weighted by molar-refractivity contribution is 6.30. The van der Waals surface area contributed by atoms with E-state index in [9.17, 15) is 4.79 Å². The first kappa shape index (κ1) is 18.2. The van der Waals surface area contributed by atoms with Gasteiger partial charge in [0.05, 0.1) is 6.04 Å². The molecule has 2 aromatic heterocycles. The van der Waals surface area contributed by atoms with Crippen molar-refractivity contribution >= 4 is 28.9 Å². The van der Waals surface area contributed by atoms with Gasteiger partial charge in [0, 0.05) is 16.9 Å². The smallest absolute Gasteiger partial charge is 0.408 e. The first-order valence-electron chi connectivity index (χ1n) is 8.33. The van der Waals surface area contributed by atoms with Crippen LogP contribution in [0.5, 0.6) is 0 Å². The van der Waals surface area contributed by atoms with E-state index in [0.29, 0.717) is 16.5 Å². The van der Waals surface area contributed by atoms with Gasteiger partial charge in [-0.15, -0.1) is 0 Å². The summed E-state index contributed by atoms with van der Waals surface area (Å²) < 4.78 is 7.26. The summed E-state index contributed by atoms with van der Waals surface area (Å²) >= 11 is 6.01. The van der Waals surface area contributed by atoms with Gasteiger partial charge in [-0.1, -0.05) is 11.6 Å². The Morgan fingerprint density at radius 3 is 2.58 bits per heavy atom. The van der Waals surface area contributed by atoms with Crippen molar-refractivity contribution in [1.82, 2.24) is 19.9 Å². The monoisotopic (exact) mass is 372 g/mol. The van der Waals surface area contributed by atoms with Crippen LogP contribution in [-0.2, 0) is 4.74 Å². The molecule has 0 unspecified atom stereocenters. The van der Waals surface area contributed by atoms with E-state index in [1.165, 1.54) is 0 Å². The summed E-state index contributed by atoms with van der Waals surface area (Å²) in [5, 5.41) is 3.48. The van der Waals surface area contributed by atoms with Crippen LogP contribution in [0, 0.1) is 0 Å². The summed E-state index contributed by atoms with van der Waals surface area (Å²) in [4.78, 5) is 21.2. The Kier molecular flexibility index (Phi) is 4.87. The molecule has 26 heavy (non-hydrogen) atoms. The first-order valence-corrected chi connectivity index (χ1v) is 8.71. The van der Waals surface area contributed by atoms with Crippen molar-refractivity contribution in [2.75, 3.05) is 0 Å². The van der Waals surface area contributed by atoms with Gasteiger partial charge in [-0.2, -0.15) is 0 Å². The van der Waals surface area contributed by atoms with E-state index in [1.54, 1.807) is 18.3 Å². The summed E-state index contributed by atoms with van der Waals surface area (Å²) in [6, 6.07) is 10.7. The van der Waals surface area contributed by atoms with Gasteiger partial charge >= 0.3 is 6.09 Å². The minimum absolute atomic E-state index is 0.380. The zero-order valence-corrected chi connectivity index (χ0v) is 15.9. The van der Waals surface area contributed by atoms with Gasteiger partial charge in [-0.3, -0.25) is 4.57 Å². The maximum Gasteiger partial charge on any atom is 0.408 e. The third-order valence-corrected chi connectivity index (χ3v) is 3.90. The van der Waals surface area contributed by atoms with Crippen LogP contribution < -0.4 is 5.32 Å². The van der Waals surface area contributed by atoms with Crippen molar-refractivity contribution < 1.29 is 9.53 Å². The Hall–Kier alpha value is -2.60. The van der Waals surface area contributed by atoms with Gasteiger partial charge in [-0.05, 0) is 64.1 Å². The van der Waals surface area contributed by atoms with Crippen molar-refractivity contribution in [1.29, 1.82) is 0 Å². The van der Waals surface area contributed by atoms with Crippen LogP contribution in [0.1, 0.15) is 39.6 Å². The molecule has 1 amide bonds. The van der Waals surface area contributed by atoms with Crippen LogP contribution in [0.4, 0.5) is 4.79 Å². The lowest BCUT2D eigenvalue weighted by Gasteiger charge is -2.22. The molecule has 3 aromatic rings. The van der Waals surface area contributed by atoms with Crippen LogP contribution in [-0.4, -0.2) is 26.2 Å². The molecule has 0 saturated carbocycles. The minimum atomic E-state index is -0.568. The largest absolute Gasteiger partial charge is 0.444 e. The molecule has 0 radical (unpaired) electrons. The number of hydrogen-bond acceptors (Lipinski definition) is 4. The second-order valence-electron chi connectivity index (χ2n) is 7.00. The van der Waals surface area contributed by atoms with E-state index in [4.69, 9.17) is 16.3 Å². The van der Waals surface area contributed by atoms with Crippen molar-refractivity contribution in [2.45, 2.75) is 39.3 Å². The highest BCUT2D eigenvalue weighted by Crippen LogP contribution is 2.25. The van der Waals surface area contributed by atoms with E-state index < -0.39 is 11.7 Å². The number of benzene rings is 1. The number of halogens is 1. The number of amides is 1. The van der Waals surface area contributed by atoms with Gasteiger partial charge in [0.25, 0.3) is 0 Å². The van der Waals surface area contributed by atoms with E-state index in [2.05, 4.69) is 15.3 Å². The average molecular weight is 373 g/mol. The van der Waals surface area contributed by atoms with E-state index in [-0.39, 0.29) is 6.04 Å². The number of pyridine rings is 1. The summed E-state index contributed by atoms with van der Waals surface area (Å²) in [5.41, 5.74) is 1.75. The number of carbonyl (C=O) groups is 1. The topological polar surface area (TPSA) is 69.0 Å². The molecule has 0 aliphatic carbocycles. The van der Waals surface area contributed by atoms with Crippen LogP contribution in [0.2, 0.25) is 5.02 Å². The Labute approximate surface area is 157 Å². The molecule has 3 rings (SSSR count). The first-order chi connectivity index (χ1) is 12.2. The van der Waals surface area contributed by atoms with Crippen molar-refractivity contribution in [2.24, 2.45) is 0 Å². The van der Waals surface area contributed by atoms with Crippen molar-refractivity contribution in [3.8, 4) is 5.69 Å². The average Bonchev–Trinajstić information content (AvgIpc) is 2.93. The lowest BCUT2D eigenvalue weighted by molar-refractivity contribution is 0.0505. The minimum Gasteiger partial charge on any atom is -0.444 e. The van der Waals surface area contributed by atoms with Crippen molar-refractivity contribution in [3.05, 3.63) is 53.4 Å². The number of imidazole rings is 1. The molecule has 0 saturated heterocycles. The summed E-state index contributed by atoms with van der Waals surface area (Å²) in [6.45, 7) is 7.33. The van der Waals surface area contributed by atoms with E-state index >= 15 is 0 Å². The molecular formula is C19H21ClN4O2. The highest BCUT2D eigenvalue weighted by atomic mass is 35.5. The molecule has 0 spiro atoms. The van der Waals surface area contributed by atoms with Crippen LogP contribution in [0.15, 0.2) is 42.6 Å².